The summed E-state index contributed by atoms with van der Waals surface area (Å²) >= 11 is 0. The molecule has 1 atom stereocenters. The molecule has 0 saturated carbocycles. The smallest absolute Gasteiger partial charge is 0.416 e. The van der Waals surface area contributed by atoms with E-state index in [1.54, 1.807) is 0 Å². The van der Waals surface area contributed by atoms with E-state index in [4.69, 9.17) is 12.6 Å². The van der Waals surface area contributed by atoms with E-state index < -0.39 is 40.7 Å². The van der Waals surface area contributed by atoms with Gasteiger partial charge in [0.2, 0.25) is 0 Å². The summed E-state index contributed by atoms with van der Waals surface area (Å²) in [6, 6.07) is 1.54. The molecule has 0 spiro atoms. The second kappa shape index (κ2) is 7.95. The van der Waals surface area contributed by atoms with Gasteiger partial charge in [-0.25, -0.2) is 9.18 Å². The first kappa shape index (κ1) is 20.7. The molecule has 2 rings (SSSR count). The van der Waals surface area contributed by atoms with Crippen molar-refractivity contribution in [3.05, 3.63) is 63.3 Å². The summed E-state index contributed by atoms with van der Waals surface area (Å²) in [5.41, 5.74) is -3.19. The van der Waals surface area contributed by atoms with Crippen LogP contribution in [0, 0.1) is 5.82 Å². The van der Waals surface area contributed by atoms with Crippen LogP contribution in [0.3, 0.4) is 0 Å². The molecule has 5 nitrogen and oxygen atoms in total. The molecule has 0 bridgehead atoms. The normalized spacial score (nSPS) is 12.8. The Kier molecular flexibility index (Phi) is 6.10. The van der Waals surface area contributed by atoms with Crippen LogP contribution in [0.15, 0.2) is 35.3 Å². The van der Waals surface area contributed by atoms with E-state index in [1.807, 2.05) is 0 Å². The summed E-state index contributed by atoms with van der Waals surface area (Å²) < 4.78 is 59.1. The molecule has 0 fully saturated rings. The highest BCUT2D eigenvalue weighted by Gasteiger charge is 2.35. The fourth-order valence-corrected chi connectivity index (χ4v) is 2.64. The second-order valence-electron chi connectivity index (χ2n) is 5.72. The van der Waals surface area contributed by atoms with E-state index in [0.29, 0.717) is 10.6 Å². The van der Waals surface area contributed by atoms with Gasteiger partial charge in [-0.05, 0) is 18.1 Å². The molecule has 1 unspecified atom stereocenters. The molecule has 0 aliphatic carbocycles. The van der Waals surface area contributed by atoms with Crippen LogP contribution in [0.2, 0.25) is 0 Å². The van der Waals surface area contributed by atoms with Gasteiger partial charge in [-0.15, -0.1) is 0 Å². The number of nitrogens with zero attached hydrogens (tertiary/aromatic N) is 1. The Morgan fingerprint density at radius 2 is 2.00 bits per heavy atom. The average Bonchev–Trinajstić information content (AvgIpc) is 2.56. The van der Waals surface area contributed by atoms with Crippen LogP contribution < -0.4 is 11.0 Å². The number of alkyl halides is 3. The van der Waals surface area contributed by atoms with Crippen LogP contribution in [0.25, 0.3) is 0 Å². The van der Waals surface area contributed by atoms with Crippen molar-refractivity contribution in [3.8, 4) is 0 Å². The highest BCUT2D eigenvalue weighted by atomic mass is 19.4. The van der Waals surface area contributed by atoms with Crippen LogP contribution >= 0.6 is 0 Å². The molecule has 1 heterocycles. The van der Waals surface area contributed by atoms with Crippen LogP contribution in [0.1, 0.15) is 22.7 Å². The average molecular weight is 383 g/mol. The third-order valence-electron chi connectivity index (χ3n) is 3.87. The predicted octanol–water partition coefficient (Wildman–Crippen LogP) is 1.66. The highest BCUT2D eigenvalue weighted by molar-refractivity contribution is 6.32. The van der Waals surface area contributed by atoms with Gasteiger partial charge in [0.25, 0.3) is 5.56 Å². The summed E-state index contributed by atoms with van der Waals surface area (Å²) in [6.45, 7) is -0.0916. The van der Waals surface area contributed by atoms with E-state index in [1.165, 1.54) is 13.2 Å². The number of carbonyl (C=O) groups is 1. The first-order valence-corrected chi connectivity index (χ1v) is 7.65. The quantitative estimate of drug-likeness (QED) is 0.609. The number of methoxy groups -OCH3 is 1. The molecule has 27 heavy (non-hydrogen) atoms. The van der Waals surface area contributed by atoms with Crippen molar-refractivity contribution < 1.29 is 32.2 Å². The molecular weight excluding hydrogens is 369 g/mol. The fourth-order valence-electron chi connectivity index (χ4n) is 2.64. The number of benzene rings is 1. The van der Waals surface area contributed by atoms with Crippen LogP contribution in [-0.2, 0) is 22.1 Å². The highest BCUT2D eigenvalue weighted by Crippen LogP contribution is 2.32. The van der Waals surface area contributed by atoms with Gasteiger partial charge in [0.05, 0.1) is 12.2 Å². The lowest BCUT2D eigenvalue weighted by atomic mass is 9.91. The predicted molar refractivity (Wildman–Crippen MR) is 88.8 cm³/mol. The molecule has 0 aliphatic rings. The van der Waals surface area contributed by atoms with Crippen molar-refractivity contribution in [2.45, 2.75) is 18.6 Å². The van der Waals surface area contributed by atoms with Gasteiger partial charge in [-0.1, -0.05) is 17.6 Å². The number of halogens is 4. The number of carboxylic acid groups (broad SMARTS) is 1. The number of pyridine rings is 1. The first-order chi connectivity index (χ1) is 12.6. The fraction of sp³-hybridized carbons (Fsp3) is 0.294. The van der Waals surface area contributed by atoms with Crippen molar-refractivity contribution in [2.24, 2.45) is 0 Å². The number of hydrogen-bond donors (Lipinski definition) is 1. The minimum atomic E-state index is -4.82. The van der Waals surface area contributed by atoms with E-state index in [-0.39, 0.29) is 24.1 Å². The zero-order valence-corrected chi connectivity index (χ0v) is 14.1. The molecule has 0 saturated heterocycles. The number of rotatable bonds is 6. The Balaban J connectivity index is 2.72. The Bertz CT molecular complexity index is 911. The van der Waals surface area contributed by atoms with Crippen molar-refractivity contribution in [2.75, 3.05) is 13.7 Å². The van der Waals surface area contributed by atoms with Crippen LogP contribution in [0.5, 0.6) is 0 Å². The lowest BCUT2D eigenvalue weighted by Crippen LogP contribution is -2.33. The maximum absolute atomic E-state index is 14.1. The molecule has 142 valence electrons. The Labute approximate surface area is 152 Å². The monoisotopic (exact) mass is 383 g/mol. The zero-order chi connectivity index (χ0) is 20.4. The zero-order valence-electron chi connectivity index (χ0n) is 14.1. The molecule has 2 aromatic rings. The largest absolute Gasteiger partial charge is 0.479 e. The number of aliphatic carboxylic acids is 1. The molecule has 1 aromatic carbocycles. The van der Waals surface area contributed by atoms with Gasteiger partial charge in [0.1, 0.15) is 13.7 Å². The van der Waals surface area contributed by atoms with Gasteiger partial charge in [0.15, 0.2) is 6.04 Å². The number of ether oxygens (including phenoxy) is 1. The summed E-state index contributed by atoms with van der Waals surface area (Å²) in [5.74, 6) is -2.58. The minimum Gasteiger partial charge on any atom is -0.479 e. The number of aromatic nitrogens is 1. The SMILES string of the molecule is [B]c1ccc(F)c(C(C(=O)O)n2cc(CCOC)c(C(F)(F)F)cc2=O)c1. The van der Waals surface area contributed by atoms with Crippen molar-refractivity contribution in [3.63, 3.8) is 0 Å². The summed E-state index contributed by atoms with van der Waals surface area (Å²) in [5, 5.41) is 9.50. The molecule has 0 amide bonds. The van der Waals surface area contributed by atoms with Crippen molar-refractivity contribution in [1.82, 2.24) is 4.57 Å². The Hall–Kier alpha value is -2.62. The van der Waals surface area contributed by atoms with Crippen molar-refractivity contribution in [1.29, 1.82) is 0 Å². The van der Waals surface area contributed by atoms with E-state index in [0.717, 1.165) is 18.3 Å². The first-order valence-electron chi connectivity index (χ1n) is 7.65. The molecule has 1 N–H and O–H groups in total. The topological polar surface area (TPSA) is 68.5 Å². The molecule has 10 heteroatoms. The number of hydrogen-bond acceptors (Lipinski definition) is 3. The maximum Gasteiger partial charge on any atom is 0.416 e. The standard InChI is InChI=1S/C17H14BF4NO4/c1-27-5-4-9-8-23(14(24)7-12(9)17(20,21)22)15(16(25)26)11-6-10(18)2-3-13(11)19/h2-3,6-8,15H,4-5H2,1H3,(H,25,26). The lowest BCUT2D eigenvalue weighted by Gasteiger charge is -2.20. The van der Waals surface area contributed by atoms with Gasteiger partial charge < -0.3 is 9.84 Å². The Morgan fingerprint density at radius 3 is 2.56 bits per heavy atom. The molecule has 1 aromatic heterocycles. The minimum absolute atomic E-state index is 0.0391. The van der Waals surface area contributed by atoms with Gasteiger partial charge in [-0.3, -0.25) is 9.36 Å². The summed E-state index contributed by atoms with van der Waals surface area (Å²) in [4.78, 5) is 24.0. The van der Waals surface area contributed by atoms with Crippen LogP contribution in [-0.4, -0.2) is 37.2 Å². The second-order valence-corrected chi connectivity index (χ2v) is 5.72. The Morgan fingerprint density at radius 1 is 1.33 bits per heavy atom. The van der Waals surface area contributed by atoms with Crippen molar-refractivity contribution >= 4 is 19.3 Å². The summed E-state index contributed by atoms with van der Waals surface area (Å²) in [6.07, 6.45) is -4.27. The third kappa shape index (κ3) is 4.57. The summed E-state index contributed by atoms with van der Waals surface area (Å²) in [7, 11) is 6.83. The lowest BCUT2D eigenvalue weighted by molar-refractivity contribution is -0.139. The van der Waals surface area contributed by atoms with Gasteiger partial charge in [0, 0.05) is 24.9 Å². The molecular formula is C17H14BF4NO4. The van der Waals surface area contributed by atoms with Gasteiger partial charge in [-0.2, -0.15) is 13.2 Å². The number of carboxylic acids is 1. The van der Waals surface area contributed by atoms with E-state index >= 15 is 0 Å². The van der Waals surface area contributed by atoms with Crippen LogP contribution in [0.4, 0.5) is 17.6 Å². The molecule has 0 aliphatic heterocycles. The van der Waals surface area contributed by atoms with Gasteiger partial charge >= 0.3 is 12.1 Å². The van der Waals surface area contributed by atoms with E-state index in [2.05, 4.69) is 0 Å². The maximum atomic E-state index is 14.1. The van der Waals surface area contributed by atoms with E-state index in [9.17, 15) is 32.3 Å². The molecule has 2 radical (unpaired) electrons. The third-order valence-corrected chi connectivity index (χ3v) is 3.87.